The summed E-state index contributed by atoms with van der Waals surface area (Å²) >= 11 is 0. The van der Waals surface area contributed by atoms with Gasteiger partial charge in [0, 0.05) is 69.7 Å². The molecule has 140 valence electrons. The van der Waals surface area contributed by atoms with Crippen LogP contribution < -0.4 is 4.74 Å². The number of piperazine rings is 1. The summed E-state index contributed by atoms with van der Waals surface area (Å²) in [5.41, 5.74) is 0.684. The van der Waals surface area contributed by atoms with Gasteiger partial charge < -0.3 is 14.6 Å². The van der Waals surface area contributed by atoms with E-state index in [1.54, 1.807) is 19.2 Å². The second-order valence-corrected chi connectivity index (χ2v) is 6.93. The van der Waals surface area contributed by atoms with Crippen molar-refractivity contribution in [1.29, 1.82) is 0 Å². The smallest absolute Gasteiger partial charge is 0.131 e. The number of ether oxygens (including phenoxy) is 2. The maximum absolute atomic E-state index is 14.3. The molecule has 1 unspecified atom stereocenters. The van der Waals surface area contributed by atoms with Crippen LogP contribution in [0.15, 0.2) is 18.2 Å². The minimum Gasteiger partial charge on any atom is -0.497 e. The van der Waals surface area contributed by atoms with Gasteiger partial charge in [0.25, 0.3) is 0 Å². The molecule has 0 bridgehead atoms. The van der Waals surface area contributed by atoms with Gasteiger partial charge in [-0.25, -0.2) is 4.39 Å². The number of benzene rings is 1. The van der Waals surface area contributed by atoms with E-state index in [2.05, 4.69) is 9.80 Å². The molecule has 5 nitrogen and oxygen atoms in total. The highest BCUT2D eigenvalue weighted by Crippen LogP contribution is 2.24. The SMILES string of the molecule is COc1ccc(CN2CCN(C3CCOCC3)CC2CCO)c(F)c1. The summed E-state index contributed by atoms with van der Waals surface area (Å²) in [6, 6.07) is 5.87. The van der Waals surface area contributed by atoms with Crippen molar-refractivity contribution in [1.82, 2.24) is 9.80 Å². The molecule has 6 heteroatoms. The van der Waals surface area contributed by atoms with Gasteiger partial charge in [0.05, 0.1) is 7.11 Å². The molecule has 0 amide bonds. The molecule has 0 saturated carbocycles. The standard InChI is InChI=1S/C19H29FN2O3/c1-24-18-3-2-15(19(20)12-18)13-21-7-8-22(14-17(21)4-9-23)16-5-10-25-11-6-16/h2-3,12,16-17,23H,4-11,13-14H2,1H3. The monoisotopic (exact) mass is 352 g/mol. The molecule has 0 aromatic heterocycles. The van der Waals surface area contributed by atoms with E-state index in [-0.39, 0.29) is 18.5 Å². The molecule has 0 radical (unpaired) electrons. The lowest BCUT2D eigenvalue weighted by Crippen LogP contribution is -2.56. The molecular formula is C19H29FN2O3. The zero-order valence-corrected chi connectivity index (χ0v) is 15.0. The molecule has 3 rings (SSSR count). The number of aliphatic hydroxyl groups is 1. The van der Waals surface area contributed by atoms with Gasteiger partial charge >= 0.3 is 0 Å². The second-order valence-electron chi connectivity index (χ2n) is 6.93. The van der Waals surface area contributed by atoms with Crippen LogP contribution in [0, 0.1) is 5.82 Å². The molecule has 2 aliphatic rings. The van der Waals surface area contributed by atoms with Gasteiger partial charge in [-0.2, -0.15) is 0 Å². The van der Waals surface area contributed by atoms with Gasteiger partial charge in [-0.05, 0) is 25.3 Å². The van der Waals surface area contributed by atoms with Crippen molar-refractivity contribution in [2.24, 2.45) is 0 Å². The molecule has 2 fully saturated rings. The predicted octanol–water partition coefficient (Wildman–Crippen LogP) is 1.88. The molecule has 1 aromatic rings. The average Bonchev–Trinajstić information content (AvgIpc) is 2.65. The molecule has 1 aromatic carbocycles. The van der Waals surface area contributed by atoms with Gasteiger partial charge in [0.2, 0.25) is 0 Å². The first-order valence-electron chi connectivity index (χ1n) is 9.20. The number of halogens is 1. The van der Waals surface area contributed by atoms with Gasteiger partial charge in [-0.3, -0.25) is 9.80 Å². The zero-order chi connectivity index (χ0) is 17.6. The van der Waals surface area contributed by atoms with E-state index in [4.69, 9.17) is 9.47 Å². The van der Waals surface area contributed by atoms with Crippen LogP contribution >= 0.6 is 0 Å². The van der Waals surface area contributed by atoms with Crippen molar-refractivity contribution in [3.05, 3.63) is 29.6 Å². The first-order valence-corrected chi connectivity index (χ1v) is 9.20. The third-order valence-corrected chi connectivity index (χ3v) is 5.44. The third-order valence-electron chi connectivity index (χ3n) is 5.44. The Morgan fingerprint density at radius 3 is 2.76 bits per heavy atom. The Morgan fingerprint density at radius 2 is 2.08 bits per heavy atom. The number of hydrogen-bond acceptors (Lipinski definition) is 5. The van der Waals surface area contributed by atoms with Crippen LogP contribution in [-0.2, 0) is 11.3 Å². The summed E-state index contributed by atoms with van der Waals surface area (Å²) in [7, 11) is 1.54. The first-order chi connectivity index (χ1) is 12.2. The Labute approximate surface area is 149 Å². The minimum absolute atomic E-state index is 0.161. The molecule has 0 spiro atoms. The summed E-state index contributed by atoms with van der Waals surface area (Å²) in [5.74, 6) is 0.312. The number of aliphatic hydroxyl groups excluding tert-OH is 1. The van der Waals surface area contributed by atoms with E-state index in [1.807, 2.05) is 0 Å². The van der Waals surface area contributed by atoms with Gasteiger partial charge in [-0.1, -0.05) is 6.07 Å². The molecule has 2 saturated heterocycles. The van der Waals surface area contributed by atoms with Crippen molar-refractivity contribution in [3.63, 3.8) is 0 Å². The van der Waals surface area contributed by atoms with E-state index >= 15 is 0 Å². The van der Waals surface area contributed by atoms with Gasteiger partial charge in [-0.15, -0.1) is 0 Å². The number of rotatable bonds is 6. The number of methoxy groups -OCH3 is 1. The summed E-state index contributed by atoms with van der Waals surface area (Å²) in [6.07, 6.45) is 2.88. The maximum atomic E-state index is 14.3. The molecule has 25 heavy (non-hydrogen) atoms. The van der Waals surface area contributed by atoms with Crippen molar-refractivity contribution >= 4 is 0 Å². The number of hydrogen-bond donors (Lipinski definition) is 1. The fraction of sp³-hybridized carbons (Fsp3) is 0.684. The third kappa shape index (κ3) is 4.70. The van der Waals surface area contributed by atoms with Crippen molar-refractivity contribution in [2.75, 3.05) is 46.6 Å². The minimum atomic E-state index is -0.228. The summed E-state index contributed by atoms with van der Waals surface area (Å²) in [5, 5.41) is 9.47. The van der Waals surface area contributed by atoms with Crippen molar-refractivity contribution in [2.45, 2.75) is 37.9 Å². The maximum Gasteiger partial charge on any atom is 0.131 e. The van der Waals surface area contributed by atoms with Crippen LogP contribution in [0.2, 0.25) is 0 Å². The molecule has 0 aliphatic carbocycles. The summed E-state index contributed by atoms with van der Waals surface area (Å²) < 4.78 is 24.8. The Bertz CT molecular complexity index is 551. The molecule has 2 aliphatic heterocycles. The van der Waals surface area contributed by atoms with Crippen LogP contribution in [0.3, 0.4) is 0 Å². The van der Waals surface area contributed by atoms with Crippen molar-refractivity contribution in [3.8, 4) is 5.75 Å². The normalized spacial score (nSPS) is 23.7. The zero-order valence-electron chi connectivity index (χ0n) is 15.0. The lowest BCUT2D eigenvalue weighted by molar-refractivity contribution is -0.0119. The van der Waals surface area contributed by atoms with Crippen LogP contribution in [0.4, 0.5) is 4.39 Å². The van der Waals surface area contributed by atoms with E-state index in [0.29, 0.717) is 23.9 Å². The quantitative estimate of drug-likeness (QED) is 0.847. The summed E-state index contributed by atoms with van der Waals surface area (Å²) in [6.45, 7) is 5.23. The highest BCUT2D eigenvalue weighted by atomic mass is 19.1. The fourth-order valence-electron chi connectivity index (χ4n) is 3.93. The Hall–Kier alpha value is -1.21. The average molecular weight is 352 g/mol. The van der Waals surface area contributed by atoms with E-state index in [1.165, 1.54) is 6.07 Å². The molecule has 1 atom stereocenters. The Morgan fingerprint density at radius 1 is 1.28 bits per heavy atom. The van der Waals surface area contributed by atoms with Crippen molar-refractivity contribution < 1.29 is 19.0 Å². The van der Waals surface area contributed by atoms with Gasteiger partial charge in [0.1, 0.15) is 11.6 Å². The highest BCUT2D eigenvalue weighted by Gasteiger charge is 2.31. The van der Waals surface area contributed by atoms with E-state index in [9.17, 15) is 9.50 Å². The van der Waals surface area contributed by atoms with Crippen LogP contribution in [0.1, 0.15) is 24.8 Å². The van der Waals surface area contributed by atoms with Crippen LogP contribution in [0.25, 0.3) is 0 Å². The van der Waals surface area contributed by atoms with Crippen LogP contribution in [0.5, 0.6) is 5.75 Å². The molecule has 1 N–H and O–H groups in total. The molecular weight excluding hydrogens is 323 g/mol. The summed E-state index contributed by atoms with van der Waals surface area (Å²) in [4.78, 5) is 4.83. The lowest BCUT2D eigenvalue weighted by Gasteiger charge is -2.45. The van der Waals surface area contributed by atoms with Gasteiger partial charge in [0.15, 0.2) is 0 Å². The largest absolute Gasteiger partial charge is 0.497 e. The Balaban J connectivity index is 1.64. The fourth-order valence-corrected chi connectivity index (χ4v) is 3.93. The van der Waals surface area contributed by atoms with E-state index in [0.717, 1.165) is 52.1 Å². The Kier molecular flexibility index (Phi) is 6.64. The lowest BCUT2D eigenvalue weighted by atomic mass is 10.0. The predicted molar refractivity (Wildman–Crippen MR) is 94.3 cm³/mol. The van der Waals surface area contributed by atoms with Crippen LogP contribution in [-0.4, -0.2) is 73.6 Å². The number of nitrogens with zero attached hydrogens (tertiary/aromatic N) is 2. The second kappa shape index (κ2) is 8.94. The topological polar surface area (TPSA) is 45.2 Å². The highest BCUT2D eigenvalue weighted by molar-refractivity contribution is 5.29. The first kappa shape index (κ1) is 18.6. The molecule has 2 heterocycles. The van der Waals surface area contributed by atoms with E-state index < -0.39 is 0 Å².